The minimum absolute atomic E-state index is 0.169. The fourth-order valence-corrected chi connectivity index (χ4v) is 3.84. The van der Waals surface area contributed by atoms with E-state index >= 15 is 0 Å². The maximum Gasteiger partial charge on any atom is 0.234 e. The molecule has 2 amide bonds. The summed E-state index contributed by atoms with van der Waals surface area (Å²) in [5.74, 6) is -0.243. The number of hydrogen-bond acceptors (Lipinski definition) is 4. The summed E-state index contributed by atoms with van der Waals surface area (Å²) in [7, 11) is 0. The number of anilines is 2. The summed E-state index contributed by atoms with van der Waals surface area (Å²) in [6.07, 6.45) is 3.59. The monoisotopic (exact) mass is 428 g/mol. The lowest BCUT2D eigenvalue weighted by Gasteiger charge is -2.11. The standard InChI is InChI=1S/C21H21ClN4O2S/c1-13-8-14(2)10-17(9-13)26-7-6-23-21(26)29-12-20(28)25-19-11-16(24-15(3)27)4-5-18(19)22/h4-11H,12H2,1-3H3,(H,24,27)(H,25,28). The highest BCUT2D eigenvalue weighted by Gasteiger charge is 2.12. The number of aromatic nitrogens is 2. The average molecular weight is 429 g/mol. The van der Waals surface area contributed by atoms with E-state index in [0.29, 0.717) is 16.4 Å². The van der Waals surface area contributed by atoms with Gasteiger partial charge in [-0.25, -0.2) is 4.98 Å². The molecule has 2 aromatic carbocycles. The Morgan fingerprint density at radius 2 is 1.83 bits per heavy atom. The van der Waals surface area contributed by atoms with Gasteiger partial charge in [-0.3, -0.25) is 14.2 Å². The molecule has 0 atom stereocenters. The number of rotatable bonds is 6. The van der Waals surface area contributed by atoms with Crippen molar-refractivity contribution in [1.82, 2.24) is 9.55 Å². The summed E-state index contributed by atoms with van der Waals surface area (Å²) >= 11 is 7.50. The summed E-state index contributed by atoms with van der Waals surface area (Å²) in [5.41, 5.74) is 4.34. The highest BCUT2D eigenvalue weighted by atomic mass is 35.5. The van der Waals surface area contributed by atoms with Gasteiger partial charge in [-0.15, -0.1) is 0 Å². The van der Waals surface area contributed by atoms with Crippen LogP contribution in [0.3, 0.4) is 0 Å². The Hall–Kier alpha value is -2.77. The van der Waals surface area contributed by atoms with Crippen LogP contribution in [-0.4, -0.2) is 27.1 Å². The molecule has 0 fully saturated rings. The fourth-order valence-electron chi connectivity index (χ4n) is 2.90. The van der Waals surface area contributed by atoms with Crippen molar-refractivity contribution in [2.75, 3.05) is 16.4 Å². The van der Waals surface area contributed by atoms with Gasteiger partial charge in [-0.1, -0.05) is 29.4 Å². The molecule has 150 valence electrons. The second-order valence-electron chi connectivity index (χ2n) is 6.64. The number of amides is 2. The number of nitrogens with one attached hydrogen (secondary N) is 2. The molecule has 0 saturated carbocycles. The van der Waals surface area contributed by atoms with Crippen LogP contribution >= 0.6 is 23.4 Å². The molecule has 29 heavy (non-hydrogen) atoms. The van der Waals surface area contributed by atoms with Crippen molar-refractivity contribution in [3.63, 3.8) is 0 Å². The molecule has 0 radical (unpaired) electrons. The molecular formula is C21H21ClN4O2S. The molecule has 0 aliphatic rings. The third kappa shape index (κ3) is 5.62. The molecule has 0 spiro atoms. The van der Waals surface area contributed by atoms with Crippen LogP contribution in [0, 0.1) is 13.8 Å². The molecule has 6 nitrogen and oxygen atoms in total. The van der Waals surface area contributed by atoms with Gasteiger partial charge in [0.2, 0.25) is 11.8 Å². The molecule has 0 aliphatic heterocycles. The third-order valence-corrected chi connectivity index (χ3v) is 5.28. The van der Waals surface area contributed by atoms with E-state index in [1.54, 1.807) is 24.4 Å². The van der Waals surface area contributed by atoms with Crippen LogP contribution in [0.1, 0.15) is 18.1 Å². The lowest BCUT2D eigenvalue weighted by atomic mass is 10.1. The minimum atomic E-state index is -0.216. The predicted octanol–water partition coefficient (Wildman–Crippen LogP) is 4.83. The SMILES string of the molecule is CC(=O)Nc1ccc(Cl)c(NC(=O)CSc2nccn2-c2cc(C)cc(C)c2)c1. The van der Waals surface area contributed by atoms with E-state index in [1.807, 2.05) is 24.6 Å². The number of carbonyl (C=O) groups excluding carboxylic acids is 2. The Morgan fingerprint density at radius 3 is 2.52 bits per heavy atom. The molecule has 3 aromatic rings. The van der Waals surface area contributed by atoms with Crippen molar-refractivity contribution in [1.29, 1.82) is 0 Å². The summed E-state index contributed by atoms with van der Waals surface area (Å²) in [6.45, 7) is 5.51. The number of imidazole rings is 1. The second-order valence-corrected chi connectivity index (χ2v) is 7.99. The van der Waals surface area contributed by atoms with Crippen molar-refractivity contribution in [2.24, 2.45) is 0 Å². The van der Waals surface area contributed by atoms with Gasteiger partial charge in [0.15, 0.2) is 5.16 Å². The van der Waals surface area contributed by atoms with Crippen LogP contribution in [0.5, 0.6) is 0 Å². The molecule has 0 bridgehead atoms. The number of hydrogen-bond donors (Lipinski definition) is 2. The van der Waals surface area contributed by atoms with Crippen LogP contribution in [0.4, 0.5) is 11.4 Å². The zero-order valence-corrected chi connectivity index (χ0v) is 17.9. The second kappa shape index (κ2) is 9.15. The summed E-state index contributed by atoms with van der Waals surface area (Å²) < 4.78 is 1.96. The van der Waals surface area contributed by atoms with E-state index < -0.39 is 0 Å². The molecule has 3 rings (SSSR count). The molecule has 0 unspecified atom stereocenters. The normalized spacial score (nSPS) is 10.6. The van der Waals surface area contributed by atoms with E-state index in [1.165, 1.54) is 18.7 Å². The summed E-state index contributed by atoms with van der Waals surface area (Å²) in [5, 5.41) is 6.57. The Kier molecular flexibility index (Phi) is 6.61. The highest BCUT2D eigenvalue weighted by Crippen LogP contribution is 2.27. The van der Waals surface area contributed by atoms with E-state index in [9.17, 15) is 9.59 Å². The first-order chi connectivity index (χ1) is 13.8. The quantitative estimate of drug-likeness (QED) is 0.551. The lowest BCUT2D eigenvalue weighted by molar-refractivity contribution is -0.114. The average Bonchev–Trinajstić information content (AvgIpc) is 3.10. The zero-order chi connectivity index (χ0) is 21.0. The van der Waals surface area contributed by atoms with E-state index in [4.69, 9.17) is 11.6 Å². The van der Waals surface area contributed by atoms with Gasteiger partial charge in [0.25, 0.3) is 0 Å². The van der Waals surface area contributed by atoms with Crippen molar-refractivity contribution in [3.05, 3.63) is 64.9 Å². The van der Waals surface area contributed by atoms with Gasteiger partial charge >= 0.3 is 0 Å². The van der Waals surface area contributed by atoms with Gasteiger partial charge < -0.3 is 10.6 Å². The molecule has 1 heterocycles. The van der Waals surface area contributed by atoms with E-state index in [2.05, 4.69) is 33.8 Å². The fraction of sp³-hybridized carbons (Fsp3) is 0.190. The van der Waals surface area contributed by atoms with Gasteiger partial charge in [0, 0.05) is 30.7 Å². The number of thioether (sulfide) groups is 1. The number of halogens is 1. The number of nitrogens with zero attached hydrogens (tertiary/aromatic N) is 2. The van der Waals surface area contributed by atoms with Crippen LogP contribution < -0.4 is 10.6 Å². The first kappa shape index (κ1) is 21.0. The van der Waals surface area contributed by atoms with Crippen molar-refractivity contribution >= 4 is 46.6 Å². The molecule has 2 N–H and O–H groups in total. The van der Waals surface area contributed by atoms with E-state index in [-0.39, 0.29) is 17.6 Å². The smallest absolute Gasteiger partial charge is 0.234 e. The predicted molar refractivity (Wildman–Crippen MR) is 118 cm³/mol. The summed E-state index contributed by atoms with van der Waals surface area (Å²) in [6, 6.07) is 11.2. The van der Waals surface area contributed by atoms with Gasteiger partial charge in [0.05, 0.1) is 16.5 Å². The van der Waals surface area contributed by atoms with Gasteiger partial charge in [-0.05, 0) is 55.3 Å². The Bertz CT molecular complexity index is 1040. The molecule has 8 heteroatoms. The first-order valence-corrected chi connectivity index (χ1v) is 10.3. The van der Waals surface area contributed by atoms with Gasteiger partial charge in [0.1, 0.15) is 0 Å². The molecule has 0 saturated heterocycles. The maximum atomic E-state index is 12.4. The van der Waals surface area contributed by atoms with Crippen molar-refractivity contribution in [2.45, 2.75) is 25.9 Å². The Labute approximate surface area is 178 Å². The van der Waals surface area contributed by atoms with Crippen LogP contribution in [0.25, 0.3) is 5.69 Å². The van der Waals surface area contributed by atoms with Gasteiger partial charge in [-0.2, -0.15) is 0 Å². The molecular weight excluding hydrogens is 408 g/mol. The zero-order valence-electron chi connectivity index (χ0n) is 16.3. The highest BCUT2D eigenvalue weighted by molar-refractivity contribution is 7.99. The van der Waals surface area contributed by atoms with Crippen LogP contribution in [0.15, 0.2) is 53.9 Å². The summed E-state index contributed by atoms with van der Waals surface area (Å²) in [4.78, 5) is 28.0. The molecule has 1 aromatic heterocycles. The molecule has 0 aliphatic carbocycles. The maximum absolute atomic E-state index is 12.4. The first-order valence-electron chi connectivity index (χ1n) is 8.93. The number of aryl methyl sites for hydroxylation is 2. The van der Waals surface area contributed by atoms with E-state index in [0.717, 1.165) is 22.0 Å². The Balaban J connectivity index is 1.68. The minimum Gasteiger partial charge on any atom is -0.326 e. The lowest BCUT2D eigenvalue weighted by Crippen LogP contribution is -2.15. The largest absolute Gasteiger partial charge is 0.326 e. The Morgan fingerprint density at radius 1 is 1.10 bits per heavy atom. The van der Waals surface area contributed by atoms with Crippen molar-refractivity contribution in [3.8, 4) is 5.69 Å². The topological polar surface area (TPSA) is 76.0 Å². The number of benzene rings is 2. The third-order valence-electron chi connectivity index (χ3n) is 3.98. The number of carbonyl (C=O) groups is 2. The van der Waals surface area contributed by atoms with Crippen LogP contribution in [-0.2, 0) is 9.59 Å². The van der Waals surface area contributed by atoms with Crippen molar-refractivity contribution < 1.29 is 9.59 Å². The van der Waals surface area contributed by atoms with Crippen LogP contribution in [0.2, 0.25) is 5.02 Å².